The normalized spacial score (nSPS) is 20.5. The molecule has 2 fully saturated rings. The van der Waals surface area contributed by atoms with Gasteiger partial charge in [-0.05, 0) is 24.6 Å². The number of rotatable bonds is 8. The summed E-state index contributed by atoms with van der Waals surface area (Å²) in [4.78, 5) is 21.1. The van der Waals surface area contributed by atoms with Gasteiger partial charge in [0.25, 0.3) is 0 Å². The Hall–Kier alpha value is -3.09. The smallest absolute Gasteiger partial charge is 0.471 e. The average Bonchev–Trinajstić information content (AvgIpc) is 2.91. The Bertz CT molecular complexity index is 1400. The molecule has 39 heavy (non-hydrogen) atoms. The standard InChI is InChI=1S/C25H22Cl2F4N4O4/c1-37-4-5-38-18-8-17-14(23(33-11-32-17)34-16-3-2-15(26)20(27)21(16)28)7-19(18)39-22-12-6-13(22)10-35(9-12)24(36)25(29,30)31/h2-3,7-8,11-13,22H,4-6,9-10H2,1H3,(H,32,33,34)/t12-,13+,22+. The van der Waals surface area contributed by atoms with Crippen LogP contribution in [0.15, 0.2) is 30.6 Å². The number of methoxy groups -OCH3 is 1. The van der Waals surface area contributed by atoms with Crippen molar-refractivity contribution in [1.29, 1.82) is 0 Å². The van der Waals surface area contributed by atoms with Crippen molar-refractivity contribution in [3.8, 4) is 11.5 Å². The summed E-state index contributed by atoms with van der Waals surface area (Å²) in [7, 11) is 1.53. The molecule has 2 heterocycles. The van der Waals surface area contributed by atoms with Gasteiger partial charge in [0.2, 0.25) is 0 Å². The third kappa shape index (κ3) is 5.50. The molecule has 1 saturated carbocycles. The lowest BCUT2D eigenvalue weighted by Gasteiger charge is -2.52. The van der Waals surface area contributed by atoms with Crippen molar-refractivity contribution in [2.24, 2.45) is 11.8 Å². The SMILES string of the molecule is COCCOc1cc2ncnc(Nc3ccc(Cl)c(Cl)c3F)c2cc1O[C@H]1[C@@H]2C[C@H]1CN(C(=O)C(F)(F)F)C2. The number of aromatic nitrogens is 2. The number of hydrogen-bond donors (Lipinski definition) is 1. The Labute approximate surface area is 230 Å². The van der Waals surface area contributed by atoms with E-state index in [9.17, 15) is 22.4 Å². The molecule has 14 heteroatoms. The summed E-state index contributed by atoms with van der Waals surface area (Å²) in [6, 6.07) is 6.12. The van der Waals surface area contributed by atoms with Crippen molar-refractivity contribution in [3.63, 3.8) is 0 Å². The number of fused-ring (bicyclic) bond motifs is 3. The van der Waals surface area contributed by atoms with Gasteiger partial charge in [-0.3, -0.25) is 4.79 Å². The summed E-state index contributed by atoms with van der Waals surface area (Å²) >= 11 is 11.8. The molecule has 1 saturated heterocycles. The first-order chi connectivity index (χ1) is 18.6. The number of carbonyl (C=O) groups is 1. The molecule has 1 N–H and O–H groups in total. The van der Waals surface area contributed by atoms with Crippen LogP contribution in [0.25, 0.3) is 10.9 Å². The number of ether oxygens (including phenoxy) is 3. The molecule has 1 aliphatic carbocycles. The number of amides is 1. The van der Waals surface area contributed by atoms with Gasteiger partial charge >= 0.3 is 12.1 Å². The zero-order valence-corrected chi connectivity index (χ0v) is 21.9. The molecule has 2 aromatic carbocycles. The van der Waals surface area contributed by atoms with Gasteiger partial charge in [0.1, 0.15) is 24.9 Å². The van der Waals surface area contributed by atoms with Gasteiger partial charge in [-0.15, -0.1) is 0 Å². The van der Waals surface area contributed by atoms with Crippen molar-refractivity contribution in [2.75, 3.05) is 38.7 Å². The van der Waals surface area contributed by atoms with Crippen LogP contribution in [0.5, 0.6) is 11.5 Å². The first kappa shape index (κ1) is 27.5. The Morgan fingerprint density at radius 2 is 1.87 bits per heavy atom. The first-order valence-electron chi connectivity index (χ1n) is 11.9. The minimum Gasteiger partial charge on any atom is -0.487 e. The fraction of sp³-hybridized carbons (Fsp3) is 0.400. The van der Waals surface area contributed by atoms with Gasteiger partial charge in [0.05, 0.1) is 27.9 Å². The van der Waals surface area contributed by atoms with Gasteiger partial charge in [-0.25, -0.2) is 14.4 Å². The number of likely N-dealkylation sites (tertiary alicyclic amines) is 1. The minimum absolute atomic E-state index is 0.0373. The van der Waals surface area contributed by atoms with E-state index in [1.165, 1.54) is 25.6 Å². The van der Waals surface area contributed by atoms with Crippen LogP contribution in [0, 0.1) is 17.7 Å². The number of anilines is 2. The molecule has 3 atom stereocenters. The van der Waals surface area contributed by atoms with E-state index in [0.29, 0.717) is 35.4 Å². The molecule has 0 unspecified atom stereocenters. The summed E-state index contributed by atoms with van der Waals surface area (Å²) < 4.78 is 70.7. The van der Waals surface area contributed by atoms with Gasteiger partial charge in [0.15, 0.2) is 17.3 Å². The van der Waals surface area contributed by atoms with Crippen LogP contribution in [0.3, 0.4) is 0 Å². The lowest BCUT2D eigenvalue weighted by molar-refractivity contribution is -0.196. The summed E-state index contributed by atoms with van der Waals surface area (Å²) in [5.74, 6) is -2.24. The molecule has 5 rings (SSSR count). The molecular weight excluding hydrogens is 567 g/mol. The predicted octanol–water partition coefficient (Wildman–Crippen LogP) is 5.63. The molecule has 208 valence electrons. The van der Waals surface area contributed by atoms with Crippen LogP contribution in [0.4, 0.5) is 29.1 Å². The van der Waals surface area contributed by atoms with E-state index in [1.54, 1.807) is 12.1 Å². The van der Waals surface area contributed by atoms with E-state index in [0.717, 1.165) is 4.90 Å². The van der Waals surface area contributed by atoms with E-state index in [-0.39, 0.29) is 53.1 Å². The molecule has 2 aliphatic rings. The third-order valence-electron chi connectivity index (χ3n) is 6.77. The predicted molar refractivity (Wildman–Crippen MR) is 135 cm³/mol. The Morgan fingerprint density at radius 1 is 1.13 bits per heavy atom. The number of benzene rings is 2. The van der Waals surface area contributed by atoms with Crippen molar-refractivity contribution in [3.05, 3.63) is 46.5 Å². The molecule has 0 spiro atoms. The van der Waals surface area contributed by atoms with E-state index >= 15 is 0 Å². The number of alkyl halides is 3. The van der Waals surface area contributed by atoms with Gasteiger partial charge in [-0.2, -0.15) is 13.2 Å². The summed E-state index contributed by atoms with van der Waals surface area (Å²) in [5.41, 5.74) is 0.499. The molecule has 1 amide bonds. The molecule has 3 aromatic rings. The maximum absolute atomic E-state index is 14.7. The van der Waals surface area contributed by atoms with Crippen molar-refractivity contribution < 1.29 is 36.6 Å². The van der Waals surface area contributed by atoms with Crippen LogP contribution in [-0.4, -0.2) is 66.5 Å². The van der Waals surface area contributed by atoms with E-state index in [4.69, 9.17) is 37.4 Å². The minimum atomic E-state index is -4.92. The average molecular weight is 589 g/mol. The van der Waals surface area contributed by atoms with Gasteiger partial charge in [0, 0.05) is 43.5 Å². The maximum atomic E-state index is 14.7. The lowest BCUT2D eigenvalue weighted by Crippen LogP contribution is -2.63. The van der Waals surface area contributed by atoms with Crippen LogP contribution in [0.1, 0.15) is 6.42 Å². The molecule has 8 nitrogen and oxygen atoms in total. The van der Waals surface area contributed by atoms with Crippen molar-refractivity contribution in [1.82, 2.24) is 14.9 Å². The van der Waals surface area contributed by atoms with Crippen molar-refractivity contribution >= 4 is 51.5 Å². The Kier molecular flexibility index (Phi) is 7.62. The molecule has 1 aromatic heterocycles. The number of nitrogens with zero attached hydrogens (tertiary/aromatic N) is 3. The summed E-state index contributed by atoms with van der Waals surface area (Å²) in [6.45, 7) is 0.390. The van der Waals surface area contributed by atoms with Crippen molar-refractivity contribution in [2.45, 2.75) is 18.7 Å². The maximum Gasteiger partial charge on any atom is 0.471 e. The number of hydrogen-bond acceptors (Lipinski definition) is 7. The highest BCUT2D eigenvalue weighted by Crippen LogP contribution is 2.46. The largest absolute Gasteiger partial charge is 0.487 e. The number of piperidine rings is 2. The number of halogens is 6. The lowest BCUT2D eigenvalue weighted by atomic mass is 9.68. The molecule has 0 radical (unpaired) electrons. The van der Waals surface area contributed by atoms with Gasteiger partial charge < -0.3 is 24.4 Å². The third-order valence-corrected chi connectivity index (χ3v) is 7.55. The molecule has 1 aliphatic heterocycles. The Balaban J connectivity index is 1.44. The van der Waals surface area contributed by atoms with Crippen LogP contribution in [0.2, 0.25) is 10.0 Å². The number of nitrogens with one attached hydrogen (secondary N) is 1. The van der Waals surface area contributed by atoms with E-state index < -0.39 is 24.0 Å². The highest BCUT2D eigenvalue weighted by Gasteiger charge is 2.53. The topological polar surface area (TPSA) is 85.8 Å². The summed E-state index contributed by atoms with van der Waals surface area (Å²) in [5, 5.41) is 3.18. The van der Waals surface area contributed by atoms with Crippen LogP contribution < -0.4 is 14.8 Å². The van der Waals surface area contributed by atoms with E-state index in [1.807, 2.05) is 0 Å². The monoisotopic (exact) mass is 588 g/mol. The second-order valence-electron chi connectivity index (χ2n) is 9.27. The number of carbonyl (C=O) groups excluding carboxylic acids is 1. The highest BCUT2D eigenvalue weighted by molar-refractivity contribution is 6.42. The fourth-order valence-corrected chi connectivity index (χ4v) is 5.19. The van der Waals surface area contributed by atoms with Crippen LogP contribution in [-0.2, 0) is 9.53 Å². The fourth-order valence-electron chi connectivity index (χ4n) is 4.88. The molecule has 2 bridgehead atoms. The first-order valence-corrected chi connectivity index (χ1v) is 12.7. The zero-order valence-electron chi connectivity index (χ0n) is 20.4. The highest BCUT2D eigenvalue weighted by atomic mass is 35.5. The Morgan fingerprint density at radius 3 is 2.56 bits per heavy atom. The summed E-state index contributed by atoms with van der Waals surface area (Å²) in [6.07, 6.45) is -3.40. The zero-order chi connectivity index (χ0) is 27.9. The second kappa shape index (κ2) is 10.8. The quantitative estimate of drug-likeness (QED) is 0.207. The molecular formula is C25H22Cl2F4N4O4. The van der Waals surface area contributed by atoms with Crippen LogP contribution >= 0.6 is 23.2 Å². The second-order valence-corrected chi connectivity index (χ2v) is 10.1. The van der Waals surface area contributed by atoms with E-state index in [2.05, 4.69) is 15.3 Å². The van der Waals surface area contributed by atoms with Gasteiger partial charge in [-0.1, -0.05) is 23.2 Å².